The maximum absolute atomic E-state index is 13.3. The molecule has 1 heterocycles. The van der Waals surface area contributed by atoms with Crippen LogP contribution in [0.25, 0.3) is 0 Å². The van der Waals surface area contributed by atoms with E-state index in [1.54, 1.807) is 0 Å². The Morgan fingerprint density at radius 2 is 1.59 bits per heavy atom. The van der Waals surface area contributed by atoms with E-state index < -0.39 is 5.72 Å². The lowest BCUT2D eigenvalue weighted by Gasteiger charge is -2.62. The summed E-state index contributed by atoms with van der Waals surface area (Å²) in [6, 6.07) is 0. The first-order valence-corrected chi connectivity index (χ1v) is 15.0. The molecule has 9 atom stereocenters. The molecule has 4 aliphatic carbocycles. The van der Waals surface area contributed by atoms with Gasteiger partial charge in [-0.1, -0.05) is 53.9 Å². The van der Waals surface area contributed by atoms with Gasteiger partial charge in [0.15, 0.2) is 0 Å². The highest BCUT2D eigenvalue weighted by Crippen LogP contribution is 2.69. The summed E-state index contributed by atoms with van der Waals surface area (Å²) in [5.41, 5.74) is 0.0746. The minimum absolute atomic E-state index is 0.373. The quantitative estimate of drug-likeness (QED) is 0.403. The van der Waals surface area contributed by atoms with Crippen molar-refractivity contribution in [1.82, 2.24) is 5.06 Å². The van der Waals surface area contributed by atoms with E-state index in [1.807, 2.05) is 0 Å². The van der Waals surface area contributed by atoms with Gasteiger partial charge in [0, 0.05) is 0 Å². The van der Waals surface area contributed by atoms with Crippen molar-refractivity contribution in [3.8, 4) is 0 Å². The van der Waals surface area contributed by atoms with Crippen molar-refractivity contribution in [3.05, 3.63) is 0 Å². The first-order chi connectivity index (χ1) is 15.9. The molecule has 5 rings (SSSR count). The molecule has 0 aromatic heterocycles. The van der Waals surface area contributed by atoms with Crippen LogP contribution in [0.5, 0.6) is 0 Å². The molecule has 4 saturated carbocycles. The fraction of sp³-hybridized carbons (Fsp3) is 1.00. The highest BCUT2D eigenvalue weighted by atomic mass is 16.6. The third-order valence-corrected chi connectivity index (χ3v) is 12.5. The summed E-state index contributed by atoms with van der Waals surface area (Å²) < 4.78 is 6.33. The Morgan fingerprint density at radius 1 is 0.853 bits per heavy atom. The SMILES string of the molecule is CC(C)CCC[C@@H](C)[C@H]1CC[C@H]2[C@@H]3CCC4CC5(CC[C@]4(C)[C@H]3CC[C@]12C)OCC(C)(C)N5[O]. The molecule has 5 aliphatic rings. The molecule has 5 fully saturated rings. The van der Waals surface area contributed by atoms with Crippen LogP contribution in [-0.4, -0.2) is 22.9 Å². The molecule has 0 amide bonds. The van der Waals surface area contributed by atoms with E-state index in [9.17, 15) is 5.21 Å². The molecule has 3 heteroatoms. The van der Waals surface area contributed by atoms with Gasteiger partial charge >= 0.3 is 0 Å². The molecule has 1 radical (unpaired) electrons. The van der Waals surface area contributed by atoms with Gasteiger partial charge in [0.1, 0.15) is 5.72 Å². The Bertz CT molecular complexity index is 750. The monoisotopic (exact) mass is 472 g/mol. The summed E-state index contributed by atoms with van der Waals surface area (Å²) in [4.78, 5) is 0. The van der Waals surface area contributed by atoms with Crippen LogP contribution >= 0.6 is 0 Å². The smallest absolute Gasteiger partial charge is 0.148 e. The van der Waals surface area contributed by atoms with E-state index in [-0.39, 0.29) is 5.54 Å². The topological polar surface area (TPSA) is 32.4 Å². The van der Waals surface area contributed by atoms with Gasteiger partial charge in [-0.15, -0.1) is 10.3 Å². The number of fused-ring (bicyclic) bond motifs is 5. The number of rotatable bonds is 5. The van der Waals surface area contributed by atoms with Crippen LogP contribution in [0.15, 0.2) is 0 Å². The average Bonchev–Trinajstić information content (AvgIpc) is 3.24. The third kappa shape index (κ3) is 3.85. The summed E-state index contributed by atoms with van der Waals surface area (Å²) >= 11 is 0. The van der Waals surface area contributed by atoms with Gasteiger partial charge in [-0.2, -0.15) is 0 Å². The second kappa shape index (κ2) is 8.73. The van der Waals surface area contributed by atoms with E-state index >= 15 is 0 Å². The standard InChI is InChI=1S/C31H54NO2/c1-21(2)9-8-10-22(3)25-13-14-26-24-12-11-23-19-31(32(33)28(4,5)20-34-31)18-17-29(23,6)27(24)15-16-30(25,26)7/h21-27H,8-20H2,1-7H3/t22-,23?,24+,25-,26+,27+,29+,30-,31?/m1/s1. The van der Waals surface area contributed by atoms with Crippen LogP contribution in [0.1, 0.15) is 126 Å². The number of ether oxygens (including phenoxy) is 1. The molecule has 1 saturated heterocycles. The zero-order valence-electron chi connectivity index (χ0n) is 23.5. The molecule has 1 spiro atoms. The minimum atomic E-state index is -0.534. The predicted molar refractivity (Wildman–Crippen MR) is 138 cm³/mol. The van der Waals surface area contributed by atoms with E-state index in [0.29, 0.717) is 23.4 Å². The molecule has 0 bridgehead atoms. The molecule has 0 aromatic rings. The van der Waals surface area contributed by atoms with Gasteiger partial charge in [0.2, 0.25) is 0 Å². The fourth-order valence-electron chi connectivity index (χ4n) is 10.5. The highest BCUT2D eigenvalue weighted by molar-refractivity contribution is 5.12. The Morgan fingerprint density at radius 3 is 2.26 bits per heavy atom. The number of hydrogen-bond acceptors (Lipinski definition) is 2. The van der Waals surface area contributed by atoms with Crippen molar-refractivity contribution < 1.29 is 9.94 Å². The van der Waals surface area contributed by atoms with Crippen LogP contribution in [0.3, 0.4) is 0 Å². The van der Waals surface area contributed by atoms with Gasteiger partial charge < -0.3 is 4.74 Å². The maximum atomic E-state index is 13.3. The summed E-state index contributed by atoms with van der Waals surface area (Å²) in [5.74, 6) is 6.05. The van der Waals surface area contributed by atoms with Crippen LogP contribution in [-0.2, 0) is 9.94 Å². The summed E-state index contributed by atoms with van der Waals surface area (Å²) in [5, 5.41) is 14.6. The molecule has 195 valence electrons. The van der Waals surface area contributed by atoms with Crippen molar-refractivity contribution >= 4 is 0 Å². The van der Waals surface area contributed by atoms with Crippen molar-refractivity contribution in [2.24, 2.45) is 52.3 Å². The average molecular weight is 473 g/mol. The van der Waals surface area contributed by atoms with Gasteiger partial charge in [0.05, 0.1) is 12.1 Å². The third-order valence-electron chi connectivity index (χ3n) is 12.5. The molecule has 1 aliphatic heterocycles. The fourth-order valence-corrected chi connectivity index (χ4v) is 10.5. The molecular weight excluding hydrogens is 418 g/mol. The van der Waals surface area contributed by atoms with Crippen LogP contribution in [0.4, 0.5) is 0 Å². The normalized spacial score (nSPS) is 49.1. The second-order valence-corrected chi connectivity index (χ2v) is 15.2. The molecule has 3 nitrogen and oxygen atoms in total. The highest BCUT2D eigenvalue weighted by Gasteiger charge is 2.64. The molecular formula is C31H54NO2. The molecule has 0 aromatic carbocycles. The van der Waals surface area contributed by atoms with Gasteiger partial charge in [-0.25, -0.2) is 0 Å². The van der Waals surface area contributed by atoms with E-state index in [0.717, 1.165) is 48.3 Å². The zero-order valence-corrected chi connectivity index (χ0v) is 23.5. The lowest BCUT2D eigenvalue weighted by molar-refractivity contribution is -0.315. The zero-order chi connectivity index (χ0) is 24.5. The van der Waals surface area contributed by atoms with E-state index in [1.165, 1.54) is 69.3 Å². The largest absolute Gasteiger partial charge is 0.356 e. The number of nitrogens with zero attached hydrogens (tertiary/aromatic N) is 1. The summed E-state index contributed by atoms with van der Waals surface area (Å²) in [6.45, 7) is 17.4. The van der Waals surface area contributed by atoms with Crippen molar-refractivity contribution in [3.63, 3.8) is 0 Å². The molecule has 34 heavy (non-hydrogen) atoms. The Labute approximate surface area is 210 Å². The number of hydroxylamine groups is 2. The lowest BCUT2D eigenvalue weighted by Crippen LogP contribution is -2.59. The molecule has 0 N–H and O–H groups in total. The number of hydrogen-bond donors (Lipinski definition) is 0. The van der Waals surface area contributed by atoms with Gasteiger partial charge in [-0.05, 0) is 124 Å². The van der Waals surface area contributed by atoms with Gasteiger partial charge in [-0.3, -0.25) is 0 Å². The second-order valence-electron chi connectivity index (χ2n) is 15.2. The minimum Gasteiger partial charge on any atom is -0.356 e. The van der Waals surface area contributed by atoms with Crippen molar-refractivity contribution in [1.29, 1.82) is 0 Å². The molecule has 2 unspecified atom stereocenters. The van der Waals surface area contributed by atoms with Crippen molar-refractivity contribution in [2.75, 3.05) is 6.61 Å². The Hall–Kier alpha value is -0.120. The van der Waals surface area contributed by atoms with Crippen LogP contribution < -0.4 is 0 Å². The Kier molecular flexibility index (Phi) is 6.55. The van der Waals surface area contributed by atoms with Crippen LogP contribution in [0, 0.1) is 52.3 Å². The lowest BCUT2D eigenvalue weighted by atomic mass is 9.44. The van der Waals surface area contributed by atoms with Gasteiger partial charge in [0.25, 0.3) is 0 Å². The Balaban J connectivity index is 1.29. The summed E-state index contributed by atoms with van der Waals surface area (Å²) in [7, 11) is 0. The van der Waals surface area contributed by atoms with E-state index in [4.69, 9.17) is 4.74 Å². The first kappa shape index (κ1) is 25.5. The first-order valence-electron chi connectivity index (χ1n) is 15.0. The maximum Gasteiger partial charge on any atom is 0.148 e. The summed E-state index contributed by atoms with van der Waals surface area (Å²) in [6.07, 6.45) is 15.9. The predicted octanol–water partition coefficient (Wildman–Crippen LogP) is 8.26. The van der Waals surface area contributed by atoms with Crippen molar-refractivity contribution in [2.45, 2.75) is 137 Å². The van der Waals surface area contributed by atoms with E-state index in [2.05, 4.69) is 48.5 Å². The van der Waals surface area contributed by atoms with Crippen LogP contribution in [0.2, 0.25) is 0 Å².